The smallest absolute Gasteiger partial charge is 0.168 e. The molecule has 1 saturated carbocycles. The molecule has 2 nitrogen and oxygen atoms in total. The number of rotatable bonds is 2. The lowest BCUT2D eigenvalue weighted by atomic mass is 9.85. The van der Waals surface area contributed by atoms with E-state index in [1.165, 1.54) is 32.1 Å². The summed E-state index contributed by atoms with van der Waals surface area (Å²) < 4.78 is 0. The number of H-pyrrole nitrogens is 1. The van der Waals surface area contributed by atoms with Crippen LogP contribution >= 0.6 is 0 Å². The molecule has 1 N–H and O–H groups in total. The third-order valence-electron chi connectivity index (χ3n) is 4.33. The molecule has 2 heteroatoms. The largest absolute Gasteiger partial charge is 0.360 e. The predicted octanol–water partition coefficient (Wildman–Crippen LogP) is 4.71. The molecule has 0 atom stereocenters. The quantitative estimate of drug-likeness (QED) is 0.774. The summed E-state index contributed by atoms with van der Waals surface area (Å²) >= 11 is 0. The van der Waals surface area contributed by atoms with Crippen molar-refractivity contribution in [2.75, 3.05) is 0 Å². The van der Waals surface area contributed by atoms with Crippen LogP contribution in [0.4, 0.5) is 0 Å². The summed E-state index contributed by atoms with van der Waals surface area (Å²) in [5.41, 5.74) is 1.96. The van der Waals surface area contributed by atoms with E-state index >= 15 is 0 Å². The number of fused-ring (bicyclic) bond motifs is 1. The molecule has 0 unspecified atom stereocenters. The number of nitrogens with one attached hydrogen (secondary N) is 1. The van der Waals surface area contributed by atoms with Gasteiger partial charge in [-0.05, 0) is 18.9 Å². The maximum absolute atomic E-state index is 12.7. The number of aromatic amines is 1. The van der Waals surface area contributed by atoms with Crippen molar-refractivity contribution in [3.8, 4) is 0 Å². The van der Waals surface area contributed by atoms with Crippen LogP contribution in [-0.2, 0) is 0 Å². The van der Waals surface area contributed by atoms with E-state index in [4.69, 9.17) is 0 Å². The highest BCUT2D eigenvalue weighted by molar-refractivity contribution is 6.08. The second-order valence-electron chi connectivity index (χ2n) is 5.65. The van der Waals surface area contributed by atoms with E-state index in [0.717, 1.165) is 29.3 Å². The fourth-order valence-corrected chi connectivity index (χ4v) is 3.21. The average molecular weight is 255 g/mol. The Morgan fingerprint density at radius 2 is 1.68 bits per heavy atom. The second-order valence-corrected chi connectivity index (χ2v) is 5.65. The molecule has 100 valence electrons. The summed E-state index contributed by atoms with van der Waals surface area (Å²) in [6.07, 6.45) is 10.4. The zero-order valence-electron chi connectivity index (χ0n) is 11.3. The summed E-state index contributed by atoms with van der Waals surface area (Å²) in [7, 11) is 0. The van der Waals surface area contributed by atoms with Gasteiger partial charge in [0.1, 0.15) is 0 Å². The SMILES string of the molecule is O=C(c1c[nH]c2ccccc12)C1CCCCCCC1. The molecule has 0 bridgehead atoms. The standard InChI is InChI=1S/C17H21NO/c19-17(13-8-4-2-1-3-5-9-13)15-12-18-16-11-7-6-10-14(15)16/h6-7,10-13,18H,1-5,8-9H2. The van der Waals surface area contributed by atoms with Gasteiger partial charge >= 0.3 is 0 Å². The number of carbonyl (C=O) groups excluding carboxylic acids is 1. The first-order valence-corrected chi connectivity index (χ1v) is 7.46. The lowest BCUT2D eigenvalue weighted by Crippen LogP contribution is -2.16. The Morgan fingerprint density at radius 1 is 1.00 bits per heavy atom. The van der Waals surface area contributed by atoms with E-state index in [1.807, 2.05) is 30.5 Å². The van der Waals surface area contributed by atoms with Crippen LogP contribution < -0.4 is 0 Å². The number of ketones is 1. The van der Waals surface area contributed by atoms with Crippen LogP contribution in [0.2, 0.25) is 0 Å². The molecule has 1 fully saturated rings. The van der Waals surface area contributed by atoms with Gasteiger partial charge in [-0.25, -0.2) is 0 Å². The Hall–Kier alpha value is -1.57. The van der Waals surface area contributed by atoms with E-state index in [2.05, 4.69) is 4.98 Å². The molecule has 1 aliphatic carbocycles. The Balaban J connectivity index is 1.85. The molecule has 0 radical (unpaired) electrons. The van der Waals surface area contributed by atoms with Crippen molar-refractivity contribution in [1.29, 1.82) is 0 Å². The zero-order chi connectivity index (χ0) is 13.1. The third kappa shape index (κ3) is 2.58. The molecule has 1 aromatic heterocycles. The number of para-hydroxylation sites is 1. The molecule has 0 aliphatic heterocycles. The minimum Gasteiger partial charge on any atom is -0.360 e. The maximum Gasteiger partial charge on any atom is 0.168 e. The summed E-state index contributed by atoms with van der Waals surface area (Å²) in [4.78, 5) is 15.9. The topological polar surface area (TPSA) is 32.9 Å². The number of carbonyl (C=O) groups is 1. The fourth-order valence-electron chi connectivity index (χ4n) is 3.21. The Morgan fingerprint density at radius 3 is 2.47 bits per heavy atom. The van der Waals surface area contributed by atoms with E-state index in [1.54, 1.807) is 0 Å². The van der Waals surface area contributed by atoms with Crippen LogP contribution in [0.1, 0.15) is 55.3 Å². The number of hydrogen-bond acceptors (Lipinski definition) is 1. The van der Waals surface area contributed by atoms with Gasteiger partial charge in [0.2, 0.25) is 0 Å². The van der Waals surface area contributed by atoms with Crippen molar-refractivity contribution in [2.24, 2.45) is 5.92 Å². The predicted molar refractivity (Wildman–Crippen MR) is 78.4 cm³/mol. The number of hydrogen-bond donors (Lipinski definition) is 1. The minimum atomic E-state index is 0.236. The van der Waals surface area contributed by atoms with Crippen molar-refractivity contribution < 1.29 is 4.79 Å². The summed E-state index contributed by atoms with van der Waals surface area (Å²) in [5, 5.41) is 1.08. The van der Waals surface area contributed by atoms with Crippen LogP contribution in [-0.4, -0.2) is 10.8 Å². The third-order valence-corrected chi connectivity index (χ3v) is 4.33. The van der Waals surface area contributed by atoms with Gasteiger partial charge in [0, 0.05) is 28.6 Å². The van der Waals surface area contributed by atoms with Crippen molar-refractivity contribution in [3.05, 3.63) is 36.0 Å². The normalized spacial score (nSPS) is 18.1. The van der Waals surface area contributed by atoms with E-state index in [9.17, 15) is 4.79 Å². The average Bonchev–Trinajstić information content (AvgIpc) is 2.81. The first-order chi connectivity index (χ1) is 9.36. The van der Waals surface area contributed by atoms with Gasteiger partial charge in [-0.1, -0.05) is 50.3 Å². The Labute approximate surface area is 114 Å². The molecule has 19 heavy (non-hydrogen) atoms. The number of benzene rings is 1. The summed E-state index contributed by atoms with van der Waals surface area (Å²) in [6, 6.07) is 8.08. The van der Waals surface area contributed by atoms with Gasteiger partial charge < -0.3 is 4.98 Å². The summed E-state index contributed by atoms with van der Waals surface area (Å²) in [5.74, 6) is 0.582. The molecular weight excluding hydrogens is 234 g/mol. The lowest BCUT2D eigenvalue weighted by Gasteiger charge is -2.18. The van der Waals surface area contributed by atoms with Crippen LogP contribution in [0, 0.1) is 5.92 Å². The first kappa shape index (κ1) is 12.5. The van der Waals surface area contributed by atoms with Crippen LogP contribution in [0.5, 0.6) is 0 Å². The van der Waals surface area contributed by atoms with Crippen LogP contribution in [0.15, 0.2) is 30.5 Å². The fraction of sp³-hybridized carbons (Fsp3) is 0.471. The molecule has 3 rings (SSSR count). The molecular formula is C17H21NO. The molecule has 0 amide bonds. The Kier molecular flexibility index (Phi) is 3.67. The highest BCUT2D eigenvalue weighted by Gasteiger charge is 2.22. The van der Waals surface area contributed by atoms with Crippen LogP contribution in [0.3, 0.4) is 0 Å². The van der Waals surface area contributed by atoms with Gasteiger partial charge in [-0.3, -0.25) is 4.79 Å². The van der Waals surface area contributed by atoms with Gasteiger partial charge in [-0.15, -0.1) is 0 Å². The lowest BCUT2D eigenvalue weighted by molar-refractivity contribution is 0.0900. The highest BCUT2D eigenvalue weighted by Crippen LogP contribution is 2.28. The van der Waals surface area contributed by atoms with Gasteiger partial charge in [-0.2, -0.15) is 0 Å². The molecule has 0 saturated heterocycles. The van der Waals surface area contributed by atoms with Gasteiger partial charge in [0.25, 0.3) is 0 Å². The molecule has 0 spiro atoms. The van der Waals surface area contributed by atoms with Gasteiger partial charge in [0.15, 0.2) is 5.78 Å². The number of aromatic nitrogens is 1. The highest BCUT2D eigenvalue weighted by atomic mass is 16.1. The molecule has 1 heterocycles. The second kappa shape index (κ2) is 5.60. The monoisotopic (exact) mass is 255 g/mol. The van der Waals surface area contributed by atoms with Crippen molar-refractivity contribution in [2.45, 2.75) is 44.9 Å². The van der Waals surface area contributed by atoms with Crippen molar-refractivity contribution in [1.82, 2.24) is 4.98 Å². The summed E-state index contributed by atoms with van der Waals surface area (Å²) in [6.45, 7) is 0. The molecule has 1 aromatic carbocycles. The molecule has 2 aromatic rings. The van der Waals surface area contributed by atoms with Gasteiger partial charge in [0.05, 0.1) is 0 Å². The van der Waals surface area contributed by atoms with E-state index in [0.29, 0.717) is 5.78 Å². The molecule has 1 aliphatic rings. The van der Waals surface area contributed by atoms with Crippen LogP contribution in [0.25, 0.3) is 10.9 Å². The Bertz CT molecular complexity index is 561. The van der Waals surface area contributed by atoms with Crippen molar-refractivity contribution >= 4 is 16.7 Å². The minimum absolute atomic E-state index is 0.236. The van der Waals surface area contributed by atoms with E-state index < -0.39 is 0 Å². The van der Waals surface area contributed by atoms with E-state index in [-0.39, 0.29) is 5.92 Å². The maximum atomic E-state index is 12.7. The first-order valence-electron chi connectivity index (χ1n) is 7.46. The number of Topliss-reactive ketones (excluding diaryl/α,β-unsaturated/α-hetero) is 1. The zero-order valence-corrected chi connectivity index (χ0v) is 11.3. The van der Waals surface area contributed by atoms with Crippen molar-refractivity contribution in [3.63, 3.8) is 0 Å².